The lowest BCUT2D eigenvalue weighted by molar-refractivity contribution is -0.134. The molecule has 0 spiro atoms. The molecule has 3 aliphatic heterocycles. The highest BCUT2D eigenvalue weighted by atomic mass is 16.2. The number of nitrogens with one attached hydrogen (secondary N) is 4. The predicted octanol–water partition coefficient (Wildman–Crippen LogP) is 12.6. The number of benzene rings is 8. The summed E-state index contributed by atoms with van der Waals surface area (Å²) >= 11 is 0. The SMILES string of the molecule is CCCCN(C)C(=O)CC[C@@H]1N[C@H](CNC(=O)c2ccc3ccccc3c2)CCN(C[C@@H](CC)c2ccccc2)C1=O.O=C(NC[C@@H]1CCN(CC(c2ccccc2)c2ccccc2)C(=O)[C@H](Cc2ccccc2N2CCCCC2)N1)c1ccc2ccccc2c1. The maximum atomic E-state index is 14.6. The van der Waals surface area contributed by atoms with Gasteiger partial charge in [-0.15, -0.1) is 0 Å². The summed E-state index contributed by atoms with van der Waals surface area (Å²) in [6.45, 7) is 10.4. The van der Waals surface area contributed by atoms with Crippen molar-refractivity contribution >= 4 is 56.8 Å². The average molecular weight is 1220 g/mol. The van der Waals surface area contributed by atoms with Gasteiger partial charge in [0, 0.05) is 113 Å². The zero-order valence-electron chi connectivity index (χ0n) is 53.5. The van der Waals surface area contributed by atoms with Crippen molar-refractivity contribution in [3.8, 4) is 0 Å². The minimum absolute atomic E-state index is 0.0387. The molecule has 13 heteroatoms. The van der Waals surface area contributed by atoms with E-state index in [-0.39, 0.29) is 53.5 Å². The van der Waals surface area contributed by atoms with Gasteiger partial charge in [-0.25, -0.2) is 0 Å². The second-order valence-electron chi connectivity index (χ2n) is 25.0. The molecule has 91 heavy (non-hydrogen) atoms. The predicted molar refractivity (Wildman–Crippen MR) is 369 cm³/mol. The monoisotopic (exact) mass is 1220 g/mol. The van der Waals surface area contributed by atoms with Crippen LogP contribution in [-0.2, 0) is 20.8 Å². The largest absolute Gasteiger partial charge is 0.371 e. The van der Waals surface area contributed by atoms with E-state index in [4.69, 9.17) is 0 Å². The van der Waals surface area contributed by atoms with Gasteiger partial charge in [-0.3, -0.25) is 24.0 Å². The molecular formula is C78H92N8O5. The summed E-state index contributed by atoms with van der Waals surface area (Å²) in [6, 6.07) is 66.6. The Balaban J connectivity index is 0.000000203. The van der Waals surface area contributed by atoms with E-state index in [0.29, 0.717) is 69.7 Å². The molecule has 0 unspecified atom stereocenters. The highest BCUT2D eigenvalue weighted by Crippen LogP contribution is 2.30. The molecule has 5 atom stereocenters. The molecule has 11 rings (SSSR count). The molecule has 0 saturated carbocycles. The van der Waals surface area contributed by atoms with E-state index >= 15 is 0 Å². The Bertz CT molecular complexity index is 3610. The van der Waals surface area contributed by atoms with Crippen molar-refractivity contribution in [2.75, 3.05) is 70.9 Å². The van der Waals surface area contributed by atoms with Gasteiger partial charge in [0.15, 0.2) is 0 Å². The topological polar surface area (TPSA) is 146 Å². The zero-order valence-corrected chi connectivity index (χ0v) is 53.5. The molecule has 3 saturated heterocycles. The number of unbranched alkanes of at least 4 members (excludes halogenated alkanes) is 1. The molecule has 3 heterocycles. The molecule has 5 amide bonds. The lowest BCUT2D eigenvalue weighted by Crippen LogP contribution is -2.50. The maximum absolute atomic E-state index is 14.6. The Morgan fingerprint density at radius 1 is 0.538 bits per heavy atom. The first-order valence-corrected chi connectivity index (χ1v) is 33.4. The van der Waals surface area contributed by atoms with Gasteiger partial charge in [-0.2, -0.15) is 0 Å². The number of carbonyl (C=O) groups excluding carboxylic acids is 5. The summed E-state index contributed by atoms with van der Waals surface area (Å²) in [5.41, 5.74) is 7.32. The fraction of sp³-hybridized carbons (Fsp3) is 0.372. The smallest absolute Gasteiger partial charge is 0.251 e. The number of rotatable bonds is 23. The van der Waals surface area contributed by atoms with Crippen molar-refractivity contribution < 1.29 is 24.0 Å². The Morgan fingerprint density at radius 2 is 1.02 bits per heavy atom. The number of fused-ring (bicyclic) bond motifs is 2. The molecule has 13 nitrogen and oxygen atoms in total. The van der Waals surface area contributed by atoms with Crippen LogP contribution in [0, 0.1) is 0 Å². The second kappa shape index (κ2) is 32.9. The molecule has 8 aromatic rings. The molecule has 3 aliphatic rings. The van der Waals surface area contributed by atoms with E-state index in [9.17, 15) is 24.0 Å². The molecule has 0 aliphatic carbocycles. The fourth-order valence-corrected chi connectivity index (χ4v) is 13.3. The number of nitrogens with zero attached hydrogens (tertiary/aromatic N) is 4. The summed E-state index contributed by atoms with van der Waals surface area (Å²) in [5.74, 6) is 0.282. The van der Waals surface area contributed by atoms with Crippen molar-refractivity contribution in [3.63, 3.8) is 0 Å². The van der Waals surface area contributed by atoms with Gasteiger partial charge >= 0.3 is 0 Å². The molecule has 0 bridgehead atoms. The molecule has 0 radical (unpaired) electrons. The van der Waals surface area contributed by atoms with Gasteiger partial charge in [0.05, 0.1) is 12.1 Å². The number of hydrogen-bond donors (Lipinski definition) is 4. The van der Waals surface area contributed by atoms with Crippen molar-refractivity contribution in [2.24, 2.45) is 0 Å². The first kappa shape index (κ1) is 65.3. The molecular weight excluding hydrogens is 1130 g/mol. The highest BCUT2D eigenvalue weighted by Gasteiger charge is 2.35. The van der Waals surface area contributed by atoms with Crippen LogP contribution in [0.5, 0.6) is 0 Å². The van der Waals surface area contributed by atoms with Crippen LogP contribution in [0.4, 0.5) is 5.69 Å². The van der Waals surface area contributed by atoms with E-state index < -0.39 is 12.1 Å². The molecule has 8 aromatic carbocycles. The second-order valence-corrected chi connectivity index (χ2v) is 25.0. The average Bonchev–Trinajstić information content (AvgIpc) is 2.44. The normalized spacial score (nSPS) is 18.2. The third-order valence-electron chi connectivity index (χ3n) is 18.7. The number of anilines is 1. The Kier molecular flexibility index (Phi) is 23.6. The number of carbonyl (C=O) groups is 5. The quantitative estimate of drug-likeness (QED) is 0.0495. The summed E-state index contributed by atoms with van der Waals surface area (Å²) in [4.78, 5) is 76.1. The molecule has 0 aromatic heterocycles. The first-order valence-electron chi connectivity index (χ1n) is 33.4. The van der Waals surface area contributed by atoms with Crippen LogP contribution in [0.15, 0.2) is 200 Å². The Hall–Kier alpha value is -8.65. The van der Waals surface area contributed by atoms with Gasteiger partial charge in [0.2, 0.25) is 17.7 Å². The van der Waals surface area contributed by atoms with Crippen LogP contribution in [0.2, 0.25) is 0 Å². The number of hydrogen-bond acceptors (Lipinski definition) is 8. The lowest BCUT2D eigenvalue weighted by Gasteiger charge is -2.32. The van der Waals surface area contributed by atoms with Crippen LogP contribution < -0.4 is 26.2 Å². The van der Waals surface area contributed by atoms with E-state index in [1.165, 1.54) is 47.2 Å². The zero-order chi connectivity index (χ0) is 63.3. The van der Waals surface area contributed by atoms with E-state index in [1.54, 1.807) is 4.90 Å². The number of piperidine rings is 1. The van der Waals surface area contributed by atoms with Crippen molar-refractivity contribution in [1.29, 1.82) is 0 Å². The number of para-hydroxylation sites is 1. The van der Waals surface area contributed by atoms with Gasteiger partial charge in [-0.05, 0) is 132 Å². The van der Waals surface area contributed by atoms with E-state index in [0.717, 1.165) is 73.3 Å². The summed E-state index contributed by atoms with van der Waals surface area (Å²) in [6.07, 6.45) is 9.38. The number of amides is 5. The third kappa shape index (κ3) is 17.9. The summed E-state index contributed by atoms with van der Waals surface area (Å²) in [5, 5.41) is 17.8. The minimum atomic E-state index is -0.480. The molecule has 3 fully saturated rings. The van der Waals surface area contributed by atoms with Gasteiger partial charge in [0.25, 0.3) is 11.8 Å². The Morgan fingerprint density at radius 3 is 1.57 bits per heavy atom. The summed E-state index contributed by atoms with van der Waals surface area (Å²) in [7, 11) is 1.84. The van der Waals surface area contributed by atoms with Crippen LogP contribution in [0.3, 0.4) is 0 Å². The van der Waals surface area contributed by atoms with E-state index in [1.807, 2.05) is 121 Å². The third-order valence-corrected chi connectivity index (χ3v) is 18.7. The highest BCUT2D eigenvalue weighted by molar-refractivity contribution is 5.99. The van der Waals surface area contributed by atoms with Crippen molar-refractivity contribution in [2.45, 2.75) is 120 Å². The van der Waals surface area contributed by atoms with Crippen LogP contribution in [-0.4, -0.2) is 134 Å². The van der Waals surface area contributed by atoms with Crippen molar-refractivity contribution in [1.82, 2.24) is 36.0 Å². The maximum Gasteiger partial charge on any atom is 0.251 e. The first-order chi connectivity index (χ1) is 44.5. The molecule has 4 N–H and O–H groups in total. The Labute approximate surface area is 539 Å². The van der Waals surface area contributed by atoms with Gasteiger partial charge < -0.3 is 40.9 Å². The van der Waals surface area contributed by atoms with Gasteiger partial charge in [0.1, 0.15) is 0 Å². The van der Waals surface area contributed by atoms with Crippen molar-refractivity contribution in [3.05, 3.63) is 234 Å². The standard InChI is InChI=1S/C43H46N4O2.C35H46N4O3/c48-42(37-23-22-32-14-8-9-19-35(32)28-37)44-30-38-24-27-47(31-39(33-15-4-1-5-16-33)34-17-6-2-7-18-34)43(49)40(45-38)29-36-20-10-11-21-41(36)46-25-12-3-13-26-46;1-4-6-21-38(3)33(40)19-18-32-35(42)39(25-26(5-2)27-12-8-7-9-13-27)22-20-31(37-32)24-36-34(41)30-17-16-28-14-10-11-15-29(28)23-30/h1-2,4-11,14-23,28,38-40,45H,3,12-13,24-27,29-31H2,(H,44,48);7-17,23,26,31-32,37H,4-6,18-22,24-25H2,1-3H3,(H,36,41)/t38-,40-;26-,31+,32+/m01/s1. The lowest BCUT2D eigenvalue weighted by atomic mass is 9.90. The summed E-state index contributed by atoms with van der Waals surface area (Å²) < 4.78 is 0. The van der Waals surface area contributed by atoms with Crippen LogP contribution >= 0.6 is 0 Å². The van der Waals surface area contributed by atoms with Crippen LogP contribution in [0.1, 0.15) is 133 Å². The minimum Gasteiger partial charge on any atom is -0.371 e. The van der Waals surface area contributed by atoms with Crippen LogP contribution in [0.25, 0.3) is 21.5 Å². The molecule has 474 valence electrons. The van der Waals surface area contributed by atoms with Gasteiger partial charge in [-0.1, -0.05) is 190 Å². The fourth-order valence-electron chi connectivity index (χ4n) is 13.3. The van der Waals surface area contributed by atoms with E-state index in [2.05, 4.69) is 136 Å².